The van der Waals surface area contributed by atoms with Crippen molar-refractivity contribution in [3.05, 3.63) is 28.0 Å². The van der Waals surface area contributed by atoms with Crippen LogP contribution in [-0.4, -0.2) is 10.1 Å². The van der Waals surface area contributed by atoms with E-state index in [0.717, 1.165) is 17.7 Å². The molecule has 0 amide bonds. The largest absolute Gasteiger partial charge is 0.388 e. The summed E-state index contributed by atoms with van der Waals surface area (Å²) in [4.78, 5) is 3.01. The van der Waals surface area contributed by atoms with Crippen LogP contribution in [0.2, 0.25) is 0 Å². The van der Waals surface area contributed by atoms with Crippen LogP contribution in [-0.2, 0) is 0 Å². The zero-order valence-electron chi connectivity index (χ0n) is 7.29. The first-order valence-electron chi connectivity index (χ1n) is 4.03. The third-order valence-electron chi connectivity index (χ3n) is 1.90. The van der Waals surface area contributed by atoms with E-state index in [4.69, 9.17) is 12.2 Å². The number of hydrogen-bond donors (Lipinski definition) is 2. The number of aromatic amines is 1. The molecule has 1 rings (SSSR count). The Morgan fingerprint density at radius 1 is 1.58 bits per heavy atom. The highest BCUT2D eigenvalue weighted by Gasteiger charge is 2.06. The van der Waals surface area contributed by atoms with Crippen molar-refractivity contribution in [2.24, 2.45) is 0 Å². The van der Waals surface area contributed by atoms with Crippen LogP contribution in [0.1, 0.15) is 30.7 Å². The molecule has 0 radical (unpaired) electrons. The predicted octanol–water partition coefficient (Wildman–Crippen LogP) is 2.50. The van der Waals surface area contributed by atoms with Crippen molar-refractivity contribution in [1.82, 2.24) is 4.98 Å². The maximum absolute atomic E-state index is 9.55. The molecule has 1 heterocycles. The molecule has 2 N–H and O–H groups in total. The Balaban J connectivity index is 3.09. The van der Waals surface area contributed by atoms with Gasteiger partial charge in [0.05, 0.1) is 6.10 Å². The fourth-order valence-corrected chi connectivity index (χ4v) is 1.39. The summed E-state index contributed by atoms with van der Waals surface area (Å²) in [6, 6.07) is 3.68. The molecular formula is C9H13NOS. The molecule has 2 nitrogen and oxygen atoms in total. The second-order valence-corrected chi connectivity index (χ2v) is 3.27. The molecule has 0 bridgehead atoms. The summed E-state index contributed by atoms with van der Waals surface area (Å²) in [5, 5.41) is 9.55. The number of aliphatic hydroxyl groups excluding tert-OH is 1. The third kappa shape index (κ3) is 1.93. The number of aromatic nitrogens is 1. The fraction of sp³-hybridized carbons (Fsp3) is 0.444. The van der Waals surface area contributed by atoms with E-state index >= 15 is 0 Å². The lowest BCUT2D eigenvalue weighted by atomic mass is 10.1. The van der Waals surface area contributed by atoms with Gasteiger partial charge in [-0.25, -0.2) is 0 Å². The number of aryl methyl sites for hydroxylation is 1. The number of rotatable bonds is 2. The summed E-state index contributed by atoms with van der Waals surface area (Å²) in [6.07, 6.45) is 0.350. The van der Waals surface area contributed by atoms with Crippen LogP contribution in [0.4, 0.5) is 0 Å². The summed E-state index contributed by atoms with van der Waals surface area (Å²) in [5.74, 6) is 0. The van der Waals surface area contributed by atoms with E-state index in [1.54, 1.807) is 6.07 Å². The molecule has 0 aliphatic rings. The maximum atomic E-state index is 9.55. The highest BCUT2D eigenvalue weighted by atomic mass is 32.1. The molecule has 0 aliphatic heterocycles. The summed E-state index contributed by atoms with van der Waals surface area (Å²) in [7, 11) is 0. The van der Waals surface area contributed by atoms with Gasteiger partial charge in [-0.1, -0.05) is 25.2 Å². The molecular weight excluding hydrogens is 170 g/mol. The van der Waals surface area contributed by atoms with E-state index in [-0.39, 0.29) is 6.10 Å². The highest BCUT2D eigenvalue weighted by molar-refractivity contribution is 7.71. The molecule has 0 aliphatic carbocycles. The van der Waals surface area contributed by atoms with Crippen LogP contribution < -0.4 is 0 Å². The fourth-order valence-electron chi connectivity index (χ4n) is 1.17. The van der Waals surface area contributed by atoms with Gasteiger partial charge in [-0.05, 0) is 25.0 Å². The Labute approximate surface area is 77.3 Å². The molecule has 3 heteroatoms. The van der Waals surface area contributed by atoms with Gasteiger partial charge in [0.1, 0.15) is 4.64 Å². The van der Waals surface area contributed by atoms with Gasteiger partial charge < -0.3 is 10.1 Å². The number of aliphatic hydroxyl groups is 1. The molecule has 1 atom stereocenters. The average molecular weight is 183 g/mol. The zero-order chi connectivity index (χ0) is 9.14. The first-order valence-corrected chi connectivity index (χ1v) is 4.44. The summed E-state index contributed by atoms with van der Waals surface area (Å²) in [5.41, 5.74) is 1.89. The quantitative estimate of drug-likeness (QED) is 0.691. The number of hydrogen-bond acceptors (Lipinski definition) is 2. The second kappa shape index (κ2) is 3.83. The Kier molecular flexibility index (Phi) is 3.00. The van der Waals surface area contributed by atoms with Gasteiger partial charge in [-0.2, -0.15) is 0 Å². The van der Waals surface area contributed by atoms with Crippen molar-refractivity contribution in [2.75, 3.05) is 0 Å². The van der Waals surface area contributed by atoms with Crippen molar-refractivity contribution in [3.63, 3.8) is 0 Å². The van der Waals surface area contributed by atoms with Gasteiger partial charge in [0, 0.05) is 5.69 Å². The average Bonchev–Trinajstić information content (AvgIpc) is 2.03. The first-order chi connectivity index (χ1) is 5.65. The Hall–Kier alpha value is -0.670. The number of H-pyrrole nitrogens is 1. The van der Waals surface area contributed by atoms with E-state index in [0.29, 0.717) is 4.64 Å². The van der Waals surface area contributed by atoms with E-state index in [2.05, 4.69) is 4.98 Å². The van der Waals surface area contributed by atoms with Gasteiger partial charge >= 0.3 is 0 Å². The molecule has 0 saturated heterocycles. The molecule has 66 valence electrons. The van der Waals surface area contributed by atoms with Crippen LogP contribution in [0.15, 0.2) is 12.1 Å². The lowest BCUT2D eigenvalue weighted by Gasteiger charge is -2.10. The highest BCUT2D eigenvalue weighted by Crippen LogP contribution is 2.17. The van der Waals surface area contributed by atoms with Crippen molar-refractivity contribution >= 4 is 12.2 Å². The van der Waals surface area contributed by atoms with Gasteiger partial charge in [-0.3, -0.25) is 0 Å². The molecule has 1 unspecified atom stereocenters. The molecule has 0 saturated carbocycles. The monoisotopic (exact) mass is 183 g/mol. The molecule has 1 aromatic heterocycles. The van der Waals surface area contributed by atoms with E-state index in [1.807, 2.05) is 19.9 Å². The molecule has 12 heavy (non-hydrogen) atoms. The minimum Gasteiger partial charge on any atom is -0.388 e. The Bertz CT molecular complexity index is 319. The normalized spacial score (nSPS) is 12.9. The van der Waals surface area contributed by atoms with E-state index < -0.39 is 0 Å². The topological polar surface area (TPSA) is 36.0 Å². The maximum Gasteiger partial charge on any atom is 0.103 e. The molecule has 0 fully saturated rings. The van der Waals surface area contributed by atoms with Gasteiger partial charge in [0.2, 0.25) is 0 Å². The SMILES string of the molecule is CCC(O)c1ccc(=S)[nH]c1C. The predicted molar refractivity (Wildman–Crippen MR) is 51.6 cm³/mol. The molecule has 0 spiro atoms. The van der Waals surface area contributed by atoms with Crippen LogP contribution in [0.5, 0.6) is 0 Å². The van der Waals surface area contributed by atoms with Crippen molar-refractivity contribution in [1.29, 1.82) is 0 Å². The third-order valence-corrected chi connectivity index (χ3v) is 2.14. The van der Waals surface area contributed by atoms with Gasteiger partial charge in [-0.15, -0.1) is 0 Å². The summed E-state index contributed by atoms with van der Waals surface area (Å²) in [6.45, 7) is 3.87. The second-order valence-electron chi connectivity index (χ2n) is 2.83. The zero-order valence-corrected chi connectivity index (χ0v) is 8.11. The van der Waals surface area contributed by atoms with Crippen molar-refractivity contribution < 1.29 is 5.11 Å². The Morgan fingerprint density at radius 2 is 2.25 bits per heavy atom. The van der Waals surface area contributed by atoms with Gasteiger partial charge in [0.15, 0.2) is 0 Å². The minimum absolute atomic E-state index is 0.378. The number of pyridine rings is 1. The van der Waals surface area contributed by atoms with Crippen LogP contribution in [0, 0.1) is 11.6 Å². The lowest BCUT2D eigenvalue weighted by molar-refractivity contribution is 0.172. The molecule has 1 aromatic rings. The summed E-state index contributed by atoms with van der Waals surface area (Å²) >= 11 is 4.94. The van der Waals surface area contributed by atoms with Crippen molar-refractivity contribution in [3.8, 4) is 0 Å². The Morgan fingerprint density at radius 3 is 2.75 bits per heavy atom. The van der Waals surface area contributed by atoms with E-state index in [1.165, 1.54) is 0 Å². The molecule has 0 aromatic carbocycles. The van der Waals surface area contributed by atoms with Gasteiger partial charge in [0.25, 0.3) is 0 Å². The summed E-state index contributed by atoms with van der Waals surface area (Å²) < 4.78 is 0.708. The first kappa shape index (κ1) is 9.42. The lowest BCUT2D eigenvalue weighted by Crippen LogP contribution is -1.99. The van der Waals surface area contributed by atoms with E-state index in [9.17, 15) is 5.11 Å². The smallest absolute Gasteiger partial charge is 0.103 e. The van der Waals surface area contributed by atoms with Crippen LogP contribution in [0.25, 0.3) is 0 Å². The standard InChI is InChI=1S/C9H13NOS/c1-3-8(11)7-4-5-9(12)10-6(7)2/h4-5,8,11H,3H2,1-2H3,(H,10,12). The number of nitrogens with one attached hydrogen (secondary N) is 1. The van der Waals surface area contributed by atoms with Crippen LogP contribution in [0.3, 0.4) is 0 Å². The van der Waals surface area contributed by atoms with Crippen molar-refractivity contribution in [2.45, 2.75) is 26.4 Å². The van der Waals surface area contributed by atoms with Crippen LogP contribution >= 0.6 is 12.2 Å². The minimum atomic E-state index is -0.378.